The zero-order valence-corrected chi connectivity index (χ0v) is 11.7. The zero-order valence-electron chi connectivity index (χ0n) is 11.7. The van der Waals surface area contributed by atoms with E-state index in [1.165, 1.54) is 0 Å². The van der Waals surface area contributed by atoms with Crippen LogP contribution in [0.5, 0.6) is 0 Å². The van der Waals surface area contributed by atoms with Crippen LogP contribution in [0.3, 0.4) is 0 Å². The highest BCUT2D eigenvalue weighted by molar-refractivity contribution is 6.23. The van der Waals surface area contributed by atoms with Crippen LogP contribution in [0.4, 0.5) is 0 Å². The molecule has 0 bridgehead atoms. The van der Waals surface area contributed by atoms with Crippen LogP contribution in [-0.4, -0.2) is 41.1 Å². The van der Waals surface area contributed by atoms with E-state index in [1.807, 2.05) is 12.2 Å². The molecule has 0 aromatic heterocycles. The lowest BCUT2D eigenvalue weighted by atomic mass is 9.95. The van der Waals surface area contributed by atoms with Crippen LogP contribution in [-0.2, 0) is 19.2 Å². The average molecular weight is 291 g/mol. The zero-order chi connectivity index (χ0) is 15.6. The summed E-state index contributed by atoms with van der Waals surface area (Å²) < 4.78 is 0. The molecule has 0 aromatic carbocycles. The third-order valence-electron chi connectivity index (χ3n) is 3.61. The van der Waals surface area contributed by atoms with Gasteiger partial charge in [0.05, 0.1) is 0 Å². The molecule has 1 aliphatic heterocycles. The Balaban J connectivity index is 2.34. The molecule has 1 heterocycles. The van der Waals surface area contributed by atoms with Crippen LogP contribution >= 0.6 is 0 Å². The van der Waals surface area contributed by atoms with E-state index in [2.05, 4.69) is 0 Å². The maximum absolute atomic E-state index is 12.5. The summed E-state index contributed by atoms with van der Waals surface area (Å²) in [4.78, 5) is 48.1. The molecule has 112 valence electrons. The van der Waals surface area contributed by atoms with Crippen molar-refractivity contribution in [1.82, 2.24) is 10.2 Å². The first-order valence-corrected chi connectivity index (χ1v) is 6.81. The quantitative estimate of drug-likeness (QED) is 0.518. The molecule has 2 atom stereocenters. The molecule has 7 nitrogen and oxygen atoms in total. The van der Waals surface area contributed by atoms with Crippen LogP contribution < -0.4 is 11.1 Å². The summed E-state index contributed by atoms with van der Waals surface area (Å²) in [5.74, 6) is -1.72. The first kappa shape index (κ1) is 15.1. The maximum atomic E-state index is 12.5. The number of hydrogen-bond acceptors (Lipinski definition) is 5. The molecule has 0 spiro atoms. The molecule has 4 amide bonds. The molecular weight excluding hydrogens is 274 g/mol. The number of nitrogens with zero attached hydrogens (tertiary/aromatic N) is 1. The Bertz CT molecular complexity index is 565. The van der Waals surface area contributed by atoms with Crippen molar-refractivity contribution >= 4 is 24.1 Å². The summed E-state index contributed by atoms with van der Waals surface area (Å²) in [7, 11) is 0. The van der Waals surface area contributed by atoms with Gasteiger partial charge in [0.1, 0.15) is 6.04 Å². The molecular formula is C14H17N3O4. The molecule has 21 heavy (non-hydrogen) atoms. The predicted molar refractivity (Wildman–Crippen MR) is 73.5 cm³/mol. The van der Waals surface area contributed by atoms with E-state index < -0.39 is 29.8 Å². The van der Waals surface area contributed by atoms with Gasteiger partial charge in [-0.15, -0.1) is 0 Å². The second kappa shape index (κ2) is 6.01. The predicted octanol–water partition coefficient (Wildman–Crippen LogP) is -0.620. The molecule has 3 N–H and O–H groups in total. The first-order chi connectivity index (χ1) is 10.0. The molecule has 1 aliphatic carbocycles. The van der Waals surface area contributed by atoms with Crippen LogP contribution in [0.2, 0.25) is 0 Å². The minimum Gasteiger partial charge on any atom is -0.323 e. The monoisotopic (exact) mass is 291 g/mol. The Morgan fingerprint density at radius 1 is 1.52 bits per heavy atom. The Hall–Kier alpha value is -2.28. The second-order valence-electron chi connectivity index (χ2n) is 4.98. The SMILES string of the molecule is CCCC(C(=O)NC=O)N1C(=O)C2=C(C1=O)C(N)CC=C2. The maximum Gasteiger partial charge on any atom is 0.262 e. The lowest BCUT2D eigenvalue weighted by Gasteiger charge is -2.25. The van der Waals surface area contributed by atoms with Gasteiger partial charge in [-0.2, -0.15) is 0 Å². The van der Waals surface area contributed by atoms with Gasteiger partial charge in [0.25, 0.3) is 11.8 Å². The fourth-order valence-corrected chi connectivity index (χ4v) is 2.64. The van der Waals surface area contributed by atoms with Gasteiger partial charge in [0, 0.05) is 17.2 Å². The highest BCUT2D eigenvalue weighted by Crippen LogP contribution is 2.30. The van der Waals surface area contributed by atoms with Crippen LogP contribution in [0.15, 0.2) is 23.3 Å². The van der Waals surface area contributed by atoms with Crippen molar-refractivity contribution in [2.45, 2.75) is 38.3 Å². The Morgan fingerprint density at radius 2 is 2.24 bits per heavy atom. The average Bonchev–Trinajstić information content (AvgIpc) is 2.70. The van der Waals surface area contributed by atoms with Crippen molar-refractivity contribution in [3.8, 4) is 0 Å². The van der Waals surface area contributed by atoms with Gasteiger partial charge in [-0.1, -0.05) is 25.5 Å². The first-order valence-electron chi connectivity index (χ1n) is 6.81. The number of nitrogens with one attached hydrogen (secondary N) is 1. The standard InChI is InChI=1S/C14H17N3O4/c1-2-4-10(12(19)16-7-18)17-13(20)8-5-3-6-9(15)11(8)14(17)21/h3,5,7,9-10H,2,4,6,15H2,1H3,(H,16,18,19). The fourth-order valence-electron chi connectivity index (χ4n) is 2.64. The van der Waals surface area contributed by atoms with Crippen LogP contribution in [0.1, 0.15) is 26.2 Å². The Morgan fingerprint density at radius 3 is 2.81 bits per heavy atom. The van der Waals surface area contributed by atoms with Crippen molar-refractivity contribution < 1.29 is 19.2 Å². The molecule has 7 heteroatoms. The van der Waals surface area contributed by atoms with Crippen molar-refractivity contribution in [2.24, 2.45) is 5.73 Å². The van der Waals surface area contributed by atoms with Crippen molar-refractivity contribution in [3.63, 3.8) is 0 Å². The van der Waals surface area contributed by atoms with Gasteiger partial charge in [-0.3, -0.25) is 29.4 Å². The highest BCUT2D eigenvalue weighted by Gasteiger charge is 2.45. The topological polar surface area (TPSA) is 110 Å². The number of rotatable bonds is 5. The van der Waals surface area contributed by atoms with Gasteiger partial charge in [-0.05, 0) is 12.8 Å². The van der Waals surface area contributed by atoms with Gasteiger partial charge in [-0.25, -0.2) is 0 Å². The molecule has 0 aromatic rings. The number of hydrogen-bond donors (Lipinski definition) is 2. The van der Waals surface area contributed by atoms with E-state index in [0.717, 1.165) is 4.90 Å². The van der Waals surface area contributed by atoms with Crippen LogP contribution in [0, 0.1) is 0 Å². The summed E-state index contributed by atoms with van der Waals surface area (Å²) >= 11 is 0. The van der Waals surface area contributed by atoms with Gasteiger partial charge in [0.15, 0.2) is 0 Å². The summed E-state index contributed by atoms with van der Waals surface area (Å²) in [5.41, 5.74) is 6.38. The highest BCUT2D eigenvalue weighted by atomic mass is 16.2. The van der Waals surface area contributed by atoms with Crippen LogP contribution in [0.25, 0.3) is 0 Å². The molecule has 0 fully saturated rings. The van der Waals surface area contributed by atoms with E-state index in [4.69, 9.17) is 5.73 Å². The minimum absolute atomic E-state index is 0.245. The van der Waals surface area contributed by atoms with Gasteiger partial charge < -0.3 is 5.73 Å². The molecule has 0 saturated heterocycles. The number of imide groups is 2. The summed E-state index contributed by atoms with van der Waals surface area (Å²) in [6.45, 7) is 1.82. The Kier molecular flexibility index (Phi) is 4.32. The van der Waals surface area contributed by atoms with E-state index >= 15 is 0 Å². The molecule has 2 unspecified atom stereocenters. The second-order valence-corrected chi connectivity index (χ2v) is 4.98. The summed E-state index contributed by atoms with van der Waals surface area (Å²) in [6, 6.07) is -1.53. The van der Waals surface area contributed by atoms with E-state index in [1.54, 1.807) is 12.2 Å². The number of carbonyl (C=O) groups excluding carboxylic acids is 4. The smallest absolute Gasteiger partial charge is 0.262 e. The van der Waals surface area contributed by atoms with Crippen molar-refractivity contribution in [2.75, 3.05) is 0 Å². The van der Waals surface area contributed by atoms with Gasteiger partial charge in [0.2, 0.25) is 12.3 Å². The summed E-state index contributed by atoms with van der Waals surface area (Å²) in [5, 5.41) is 2.01. The lowest BCUT2D eigenvalue weighted by Crippen LogP contribution is -2.50. The third-order valence-corrected chi connectivity index (χ3v) is 3.61. The van der Waals surface area contributed by atoms with Crippen molar-refractivity contribution in [3.05, 3.63) is 23.3 Å². The van der Waals surface area contributed by atoms with E-state index in [9.17, 15) is 19.2 Å². The number of nitrogens with two attached hydrogens (primary N) is 1. The molecule has 2 aliphatic rings. The molecule has 0 radical (unpaired) electrons. The van der Waals surface area contributed by atoms with Crippen molar-refractivity contribution in [1.29, 1.82) is 0 Å². The summed E-state index contributed by atoms with van der Waals surface area (Å²) in [6.07, 6.45) is 4.90. The normalized spacial score (nSPS) is 22.4. The third kappa shape index (κ3) is 2.52. The Labute approximate surface area is 121 Å². The van der Waals surface area contributed by atoms with E-state index in [-0.39, 0.29) is 24.0 Å². The molecule has 2 rings (SSSR count). The fraction of sp³-hybridized carbons (Fsp3) is 0.429. The minimum atomic E-state index is -0.994. The molecule has 0 saturated carbocycles. The van der Waals surface area contributed by atoms with Gasteiger partial charge >= 0.3 is 0 Å². The largest absolute Gasteiger partial charge is 0.323 e. The number of amides is 4. The van der Waals surface area contributed by atoms with E-state index in [0.29, 0.717) is 12.8 Å². The lowest BCUT2D eigenvalue weighted by molar-refractivity contribution is -0.147. The number of carbonyl (C=O) groups is 4.